The molecule has 20 heavy (non-hydrogen) atoms. The van der Waals surface area contributed by atoms with Gasteiger partial charge >= 0.3 is 10.1 Å². The molecule has 1 aliphatic carbocycles. The van der Waals surface area contributed by atoms with E-state index in [-0.39, 0.29) is 4.90 Å². The molecule has 0 amide bonds. The van der Waals surface area contributed by atoms with E-state index in [2.05, 4.69) is 5.16 Å². The lowest BCUT2D eigenvalue weighted by molar-refractivity contribution is 0.337. The third-order valence-corrected chi connectivity index (χ3v) is 4.27. The van der Waals surface area contributed by atoms with Gasteiger partial charge in [0.15, 0.2) is 0 Å². The van der Waals surface area contributed by atoms with Crippen LogP contribution in [0.1, 0.15) is 24.2 Å². The van der Waals surface area contributed by atoms with Crippen LogP contribution in [-0.2, 0) is 20.8 Å². The normalized spacial score (nSPS) is 16.9. The Labute approximate surface area is 117 Å². The zero-order chi connectivity index (χ0) is 14.0. The minimum absolute atomic E-state index is 0.0903. The van der Waals surface area contributed by atoms with E-state index in [1.54, 1.807) is 30.5 Å². The highest BCUT2D eigenvalue weighted by Gasteiger charge is 2.21. The van der Waals surface area contributed by atoms with Crippen molar-refractivity contribution < 1.29 is 17.1 Å². The van der Waals surface area contributed by atoms with Crippen molar-refractivity contribution in [1.29, 1.82) is 0 Å². The number of benzene rings is 1. The Hall–Kier alpha value is -2.08. The van der Waals surface area contributed by atoms with Gasteiger partial charge in [0.05, 0.1) is 12.0 Å². The maximum atomic E-state index is 12.0. The molecule has 0 saturated carbocycles. The van der Waals surface area contributed by atoms with Crippen LogP contribution >= 0.6 is 0 Å². The highest BCUT2D eigenvalue weighted by molar-refractivity contribution is 7.86. The first-order valence-electron chi connectivity index (χ1n) is 6.29. The summed E-state index contributed by atoms with van der Waals surface area (Å²) in [7, 11) is -3.86. The van der Waals surface area contributed by atoms with Gasteiger partial charge in [-0.3, -0.25) is 4.28 Å². The van der Waals surface area contributed by atoms with Crippen molar-refractivity contribution in [2.45, 2.75) is 24.2 Å². The van der Waals surface area contributed by atoms with E-state index in [0.717, 1.165) is 24.2 Å². The largest absolute Gasteiger partial charge is 0.469 e. The van der Waals surface area contributed by atoms with Gasteiger partial charge in [0.25, 0.3) is 0 Å². The fourth-order valence-electron chi connectivity index (χ4n) is 2.16. The Kier molecular flexibility index (Phi) is 3.31. The van der Waals surface area contributed by atoms with E-state index < -0.39 is 10.1 Å². The second kappa shape index (κ2) is 5.13. The number of aryl methyl sites for hydroxylation is 1. The van der Waals surface area contributed by atoms with Crippen molar-refractivity contribution in [2.75, 3.05) is 0 Å². The van der Waals surface area contributed by atoms with Crippen LogP contribution in [0.2, 0.25) is 0 Å². The minimum atomic E-state index is -3.86. The molecule has 6 heteroatoms. The van der Waals surface area contributed by atoms with Crippen LogP contribution in [0.4, 0.5) is 0 Å². The summed E-state index contributed by atoms with van der Waals surface area (Å²) in [6.45, 7) is 0. The summed E-state index contributed by atoms with van der Waals surface area (Å²) in [5, 5.41) is 3.81. The molecule has 0 bridgehead atoms. The highest BCUT2D eigenvalue weighted by atomic mass is 32.2. The van der Waals surface area contributed by atoms with Crippen LogP contribution in [-0.4, -0.2) is 14.1 Å². The molecule has 0 N–H and O–H groups in total. The molecule has 0 saturated heterocycles. The highest BCUT2D eigenvalue weighted by Crippen LogP contribution is 2.23. The third-order valence-electron chi connectivity index (χ3n) is 3.15. The summed E-state index contributed by atoms with van der Waals surface area (Å²) in [5.74, 6) is 0.829. The quantitative estimate of drug-likeness (QED) is 0.815. The summed E-state index contributed by atoms with van der Waals surface area (Å²) in [6, 6.07) is 9.74. The fourth-order valence-corrected chi connectivity index (χ4v) is 2.93. The lowest BCUT2D eigenvalue weighted by atomic mass is 9.97. The summed E-state index contributed by atoms with van der Waals surface area (Å²) in [6.07, 6.45) is 3.97. The molecule has 0 unspecified atom stereocenters. The van der Waals surface area contributed by atoms with Crippen molar-refractivity contribution in [1.82, 2.24) is 0 Å². The molecule has 1 aromatic carbocycles. The smallest absolute Gasteiger partial charge is 0.358 e. The number of furan rings is 1. The van der Waals surface area contributed by atoms with Gasteiger partial charge in [0.1, 0.15) is 10.7 Å². The van der Waals surface area contributed by atoms with Crippen LogP contribution < -0.4 is 0 Å². The van der Waals surface area contributed by atoms with Crippen LogP contribution in [0.15, 0.2) is 57.1 Å². The molecule has 0 spiro atoms. The Morgan fingerprint density at radius 1 is 1.10 bits per heavy atom. The third kappa shape index (κ3) is 2.46. The van der Waals surface area contributed by atoms with Gasteiger partial charge in [0.2, 0.25) is 0 Å². The molecule has 5 nitrogen and oxygen atoms in total. The Morgan fingerprint density at radius 3 is 2.70 bits per heavy atom. The lowest BCUT2D eigenvalue weighted by Gasteiger charge is -2.11. The number of hydrogen-bond donors (Lipinski definition) is 0. The Bertz CT molecular complexity index is 732. The summed E-state index contributed by atoms with van der Waals surface area (Å²) < 4.78 is 34.1. The number of oxime groups is 1. The molecule has 3 rings (SSSR count). The average molecular weight is 291 g/mol. The average Bonchev–Trinajstić information content (AvgIpc) is 2.95. The molecule has 0 aliphatic heterocycles. The Balaban J connectivity index is 1.86. The van der Waals surface area contributed by atoms with Crippen LogP contribution in [0.3, 0.4) is 0 Å². The molecular formula is C14H13NO4S. The van der Waals surface area contributed by atoms with Crippen molar-refractivity contribution in [2.24, 2.45) is 5.16 Å². The summed E-state index contributed by atoms with van der Waals surface area (Å²) >= 11 is 0. The second-order valence-corrected chi connectivity index (χ2v) is 6.02. The van der Waals surface area contributed by atoms with E-state index in [1.165, 1.54) is 12.1 Å². The monoisotopic (exact) mass is 291 g/mol. The topological polar surface area (TPSA) is 68.9 Å². The number of hydrogen-bond acceptors (Lipinski definition) is 5. The van der Waals surface area contributed by atoms with Crippen molar-refractivity contribution in [3.8, 4) is 0 Å². The molecule has 1 heterocycles. The first-order chi connectivity index (χ1) is 9.67. The molecule has 104 valence electrons. The number of fused-ring (bicyclic) bond motifs is 1. The molecule has 0 radical (unpaired) electrons. The molecule has 0 fully saturated rings. The Morgan fingerprint density at radius 2 is 1.90 bits per heavy atom. The molecule has 2 aromatic rings. The second-order valence-electron chi connectivity index (χ2n) is 4.49. The first kappa shape index (κ1) is 12.9. The lowest BCUT2D eigenvalue weighted by Crippen LogP contribution is -2.12. The summed E-state index contributed by atoms with van der Waals surface area (Å²) in [4.78, 5) is 0.0903. The SMILES string of the molecule is O=S(=O)(O/N=C1/CCCc2occc21)c1ccccc1. The van der Waals surface area contributed by atoms with Crippen molar-refractivity contribution >= 4 is 15.8 Å². The van der Waals surface area contributed by atoms with E-state index in [9.17, 15) is 8.42 Å². The van der Waals surface area contributed by atoms with Gasteiger partial charge in [-0.15, -0.1) is 0 Å². The van der Waals surface area contributed by atoms with Gasteiger partial charge in [0, 0.05) is 12.0 Å². The molecule has 1 aliphatic rings. The van der Waals surface area contributed by atoms with Gasteiger partial charge in [-0.05, 0) is 31.0 Å². The maximum Gasteiger partial charge on any atom is 0.358 e. The standard InChI is InChI=1S/C14H13NO4S/c16-20(17,11-5-2-1-3-6-11)19-15-13-7-4-8-14-12(13)9-10-18-14/h1-3,5-6,9-10H,4,7-8H2/b15-13-. The molecule has 1 aromatic heterocycles. The van der Waals surface area contributed by atoms with Gasteiger partial charge in [-0.1, -0.05) is 23.4 Å². The van der Waals surface area contributed by atoms with Crippen LogP contribution in [0.5, 0.6) is 0 Å². The maximum absolute atomic E-state index is 12.0. The van der Waals surface area contributed by atoms with Gasteiger partial charge in [-0.2, -0.15) is 8.42 Å². The zero-order valence-electron chi connectivity index (χ0n) is 10.7. The van der Waals surface area contributed by atoms with Gasteiger partial charge < -0.3 is 4.42 Å². The van der Waals surface area contributed by atoms with Crippen LogP contribution in [0.25, 0.3) is 0 Å². The number of rotatable bonds is 3. The number of nitrogens with zero attached hydrogens (tertiary/aromatic N) is 1. The zero-order valence-corrected chi connectivity index (χ0v) is 11.5. The fraction of sp³-hybridized carbons (Fsp3) is 0.214. The van der Waals surface area contributed by atoms with E-state index >= 15 is 0 Å². The van der Waals surface area contributed by atoms with E-state index in [0.29, 0.717) is 12.1 Å². The molecular weight excluding hydrogens is 278 g/mol. The minimum Gasteiger partial charge on any atom is -0.469 e. The van der Waals surface area contributed by atoms with Crippen LogP contribution in [0, 0.1) is 0 Å². The van der Waals surface area contributed by atoms with Gasteiger partial charge in [-0.25, -0.2) is 0 Å². The molecule has 0 atom stereocenters. The predicted octanol–water partition coefficient (Wildman–Crippen LogP) is 2.73. The predicted molar refractivity (Wildman–Crippen MR) is 72.9 cm³/mol. The van der Waals surface area contributed by atoms with E-state index in [4.69, 9.17) is 8.70 Å². The van der Waals surface area contributed by atoms with E-state index in [1.807, 2.05) is 0 Å². The van der Waals surface area contributed by atoms with Crippen molar-refractivity contribution in [3.63, 3.8) is 0 Å². The summed E-state index contributed by atoms with van der Waals surface area (Å²) in [5.41, 5.74) is 1.44. The van der Waals surface area contributed by atoms with Crippen molar-refractivity contribution in [3.05, 3.63) is 54.0 Å². The first-order valence-corrected chi connectivity index (χ1v) is 7.70.